The molecule has 2 aliphatic heterocycles. The average Bonchev–Trinajstić information content (AvgIpc) is 3.06. The van der Waals surface area contributed by atoms with E-state index in [4.69, 9.17) is 11.6 Å². The van der Waals surface area contributed by atoms with Crippen molar-refractivity contribution < 1.29 is 9.59 Å². The largest absolute Gasteiger partial charge is 0.370 e. The van der Waals surface area contributed by atoms with Gasteiger partial charge in [0, 0.05) is 32.2 Å². The number of likely N-dealkylation sites (tertiary alicyclic amines) is 1. The lowest BCUT2D eigenvalue weighted by Crippen LogP contribution is -2.42. The Labute approximate surface area is 147 Å². The zero-order valence-electron chi connectivity index (χ0n) is 14.1. The molecule has 0 spiro atoms. The first-order valence-corrected chi connectivity index (χ1v) is 9.06. The molecule has 6 heteroatoms. The number of hydrogen-bond donors (Lipinski definition) is 1. The number of nitrogens with zero attached hydrogens (tertiary/aromatic N) is 2. The van der Waals surface area contributed by atoms with Crippen LogP contribution in [0.15, 0.2) is 18.2 Å². The molecule has 1 atom stereocenters. The van der Waals surface area contributed by atoms with Crippen LogP contribution in [0.4, 0.5) is 11.4 Å². The zero-order valence-corrected chi connectivity index (χ0v) is 14.8. The van der Waals surface area contributed by atoms with Crippen LogP contribution in [-0.2, 0) is 9.59 Å². The summed E-state index contributed by atoms with van der Waals surface area (Å²) in [5.74, 6) is -0.185. The molecule has 0 radical (unpaired) electrons. The Kier molecular flexibility index (Phi) is 5.29. The van der Waals surface area contributed by atoms with Crippen molar-refractivity contribution >= 4 is 34.8 Å². The summed E-state index contributed by atoms with van der Waals surface area (Å²) in [5, 5.41) is 3.56. The van der Waals surface area contributed by atoms with Crippen LogP contribution < -0.4 is 10.2 Å². The second kappa shape index (κ2) is 7.43. The van der Waals surface area contributed by atoms with Gasteiger partial charge in [-0.25, -0.2) is 0 Å². The molecule has 2 fully saturated rings. The van der Waals surface area contributed by atoms with E-state index in [0.29, 0.717) is 23.7 Å². The predicted molar refractivity (Wildman–Crippen MR) is 96.6 cm³/mol. The molecule has 24 heavy (non-hydrogen) atoms. The molecule has 2 aliphatic rings. The summed E-state index contributed by atoms with van der Waals surface area (Å²) in [4.78, 5) is 28.0. The molecule has 130 valence electrons. The van der Waals surface area contributed by atoms with Crippen LogP contribution in [0.1, 0.15) is 39.0 Å². The van der Waals surface area contributed by atoms with Gasteiger partial charge in [-0.2, -0.15) is 0 Å². The maximum atomic E-state index is 12.5. The van der Waals surface area contributed by atoms with Gasteiger partial charge in [-0.1, -0.05) is 11.6 Å². The first kappa shape index (κ1) is 17.1. The van der Waals surface area contributed by atoms with Crippen LogP contribution in [0.25, 0.3) is 0 Å². The highest BCUT2D eigenvalue weighted by Crippen LogP contribution is 2.31. The van der Waals surface area contributed by atoms with Gasteiger partial charge in [0.1, 0.15) is 6.04 Å². The van der Waals surface area contributed by atoms with Crippen LogP contribution in [0, 0.1) is 0 Å². The number of benzene rings is 1. The van der Waals surface area contributed by atoms with Gasteiger partial charge in [0.25, 0.3) is 0 Å². The number of halogens is 1. The van der Waals surface area contributed by atoms with Crippen molar-refractivity contribution in [3.8, 4) is 0 Å². The SMILES string of the molecule is CC(=O)N1CCCC1C(=O)Nc1ccc(N2CCCCC2)c(Cl)c1. The minimum Gasteiger partial charge on any atom is -0.370 e. The van der Waals surface area contributed by atoms with E-state index >= 15 is 0 Å². The normalized spacial score (nSPS) is 21.0. The lowest BCUT2D eigenvalue weighted by molar-refractivity contribution is -0.134. The van der Waals surface area contributed by atoms with E-state index in [1.54, 1.807) is 11.0 Å². The van der Waals surface area contributed by atoms with Crippen LogP contribution in [-0.4, -0.2) is 42.4 Å². The van der Waals surface area contributed by atoms with E-state index in [-0.39, 0.29) is 17.9 Å². The maximum absolute atomic E-state index is 12.5. The molecule has 5 nitrogen and oxygen atoms in total. The van der Waals surface area contributed by atoms with E-state index in [1.165, 1.54) is 26.2 Å². The number of hydrogen-bond acceptors (Lipinski definition) is 3. The number of amides is 2. The molecule has 0 bridgehead atoms. The van der Waals surface area contributed by atoms with Crippen LogP contribution in [0.5, 0.6) is 0 Å². The third-order valence-electron chi connectivity index (χ3n) is 4.87. The Morgan fingerprint density at radius 1 is 1.12 bits per heavy atom. The van der Waals surface area contributed by atoms with Gasteiger partial charge in [0.05, 0.1) is 10.7 Å². The van der Waals surface area contributed by atoms with Gasteiger partial charge in [-0.15, -0.1) is 0 Å². The summed E-state index contributed by atoms with van der Waals surface area (Å²) in [5.41, 5.74) is 1.71. The second-order valence-corrected chi connectivity index (χ2v) is 6.98. The maximum Gasteiger partial charge on any atom is 0.247 e. The van der Waals surface area contributed by atoms with Crippen LogP contribution in [0.2, 0.25) is 5.02 Å². The molecule has 0 aliphatic carbocycles. The minimum absolute atomic E-state index is 0.0499. The first-order valence-electron chi connectivity index (χ1n) is 8.69. The number of piperidine rings is 1. The van der Waals surface area contributed by atoms with E-state index in [0.717, 1.165) is 25.2 Å². The fourth-order valence-corrected chi connectivity index (χ4v) is 3.92. The van der Waals surface area contributed by atoms with Crippen molar-refractivity contribution in [2.24, 2.45) is 0 Å². The highest BCUT2D eigenvalue weighted by atomic mass is 35.5. The molecule has 1 N–H and O–H groups in total. The van der Waals surface area contributed by atoms with Gasteiger partial charge >= 0.3 is 0 Å². The van der Waals surface area contributed by atoms with Gasteiger partial charge in [-0.05, 0) is 50.3 Å². The monoisotopic (exact) mass is 349 g/mol. The van der Waals surface area contributed by atoms with Crippen molar-refractivity contribution in [1.82, 2.24) is 4.90 Å². The summed E-state index contributed by atoms with van der Waals surface area (Å²) in [6.07, 6.45) is 5.24. The number of anilines is 2. The number of nitrogens with one attached hydrogen (secondary N) is 1. The lowest BCUT2D eigenvalue weighted by Gasteiger charge is -2.29. The minimum atomic E-state index is -0.372. The number of carbonyl (C=O) groups is 2. The molecule has 1 aromatic carbocycles. The molecule has 3 rings (SSSR count). The van der Waals surface area contributed by atoms with E-state index in [9.17, 15) is 9.59 Å². The van der Waals surface area contributed by atoms with Crippen molar-refractivity contribution in [1.29, 1.82) is 0 Å². The van der Waals surface area contributed by atoms with Gasteiger partial charge in [0.2, 0.25) is 11.8 Å². The van der Waals surface area contributed by atoms with Crippen molar-refractivity contribution in [3.63, 3.8) is 0 Å². The van der Waals surface area contributed by atoms with Crippen LogP contribution >= 0.6 is 11.6 Å². The summed E-state index contributed by atoms with van der Waals surface area (Å²) in [7, 11) is 0. The quantitative estimate of drug-likeness (QED) is 0.911. The summed E-state index contributed by atoms with van der Waals surface area (Å²) < 4.78 is 0. The molecule has 0 saturated carbocycles. The van der Waals surface area contributed by atoms with E-state index in [2.05, 4.69) is 10.2 Å². The van der Waals surface area contributed by atoms with Crippen molar-refractivity contribution in [3.05, 3.63) is 23.2 Å². The van der Waals surface area contributed by atoms with Crippen LogP contribution in [0.3, 0.4) is 0 Å². The molecule has 1 unspecified atom stereocenters. The van der Waals surface area contributed by atoms with Crippen molar-refractivity contribution in [2.75, 3.05) is 29.9 Å². The molecule has 2 amide bonds. The van der Waals surface area contributed by atoms with Gasteiger partial charge in [-0.3, -0.25) is 9.59 Å². The summed E-state index contributed by atoms with van der Waals surface area (Å²) in [6, 6.07) is 5.29. The topological polar surface area (TPSA) is 52.7 Å². The first-order chi connectivity index (χ1) is 11.6. The van der Waals surface area contributed by atoms with E-state index in [1.807, 2.05) is 12.1 Å². The predicted octanol–water partition coefficient (Wildman–Crippen LogP) is 3.28. The molecular formula is C18H24ClN3O2. The number of rotatable bonds is 3. The molecule has 0 aromatic heterocycles. The third kappa shape index (κ3) is 3.66. The Bertz CT molecular complexity index is 629. The Hall–Kier alpha value is -1.75. The lowest BCUT2D eigenvalue weighted by atomic mass is 10.1. The molecular weight excluding hydrogens is 326 g/mol. The highest BCUT2D eigenvalue weighted by Gasteiger charge is 2.32. The van der Waals surface area contributed by atoms with E-state index < -0.39 is 0 Å². The average molecular weight is 350 g/mol. The molecule has 2 saturated heterocycles. The molecule has 2 heterocycles. The van der Waals surface area contributed by atoms with Crippen molar-refractivity contribution in [2.45, 2.75) is 45.1 Å². The Balaban J connectivity index is 1.68. The highest BCUT2D eigenvalue weighted by molar-refractivity contribution is 6.33. The smallest absolute Gasteiger partial charge is 0.247 e. The Morgan fingerprint density at radius 2 is 1.88 bits per heavy atom. The summed E-state index contributed by atoms with van der Waals surface area (Å²) >= 11 is 6.43. The fourth-order valence-electron chi connectivity index (χ4n) is 3.62. The van der Waals surface area contributed by atoms with Gasteiger partial charge in [0.15, 0.2) is 0 Å². The Morgan fingerprint density at radius 3 is 2.54 bits per heavy atom. The third-order valence-corrected chi connectivity index (χ3v) is 5.17. The number of carbonyl (C=O) groups excluding carboxylic acids is 2. The standard InChI is InChI=1S/C18H24ClN3O2/c1-13(23)22-11-5-6-17(22)18(24)20-14-7-8-16(15(19)12-14)21-9-3-2-4-10-21/h7-8,12,17H,2-6,9-11H2,1H3,(H,20,24). The molecule has 1 aromatic rings. The van der Waals surface area contributed by atoms with Gasteiger partial charge < -0.3 is 15.1 Å². The summed E-state index contributed by atoms with van der Waals surface area (Å²) in [6.45, 7) is 4.22. The fraction of sp³-hybridized carbons (Fsp3) is 0.556. The second-order valence-electron chi connectivity index (χ2n) is 6.57. The zero-order chi connectivity index (χ0) is 17.1.